The van der Waals surface area contributed by atoms with Crippen LogP contribution >= 0.6 is 0 Å². The fourth-order valence-electron chi connectivity index (χ4n) is 8.36. The Morgan fingerprint density at radius 3 is 0.941 bits per heavy atom. The summed E-state index contributed by atoms with van der Waals surface area (Å²) < 4.78 is 5.56. The molecule has 0 saturated heterocycles. The minimum atomic E-state index is -1.24. The Balaban J connectivity index is 1.19. The van der Waals surface area contributed by atoms with Crippen LogP contribution < -0.4 is 0 Å². The number of fused-ring (bicyclic) bond motifs is 4. The summed E-state index contributed by atoms with van der Waals surface area (Å²) in [5.74, 6) is -4.56. The van der Waals surface area contributed by atoms with Crippen molar-refractivity contribution in [1.29, 1.82) is 0 Å². The van der Waals surface area contributed by atoms with Crippen LogP contribution in [0.4, 0.5) is 0 Å². The molecule has 0 radical (unpaired) electrons. The first-order valence-corrected chi connectivity index (χ1v) is 16.3. The Bertz CT molecular complexity index is 2890. The number of carboxylic acids is 2. The first-order chi connectivity index (χ1) is 24.8. The quantitative estimate of drug-likeness (QED) is 0.0833. The average molecular weight is 663 g/mol. The number of carbonyl (C=O) groups is 4. The van der Waals surface area contributed by atoms with Crippen LogP contribution in [0.1, 0.15) is 41.4 Å². The van der Waals surface area contributed by atoms with Gasteiger partial charge in [0.15, 0.2) is 0 Å². The number of aromatic carboxylic acids is 2. The highest BCUT2D eigenvalue weighted by Gasteiger charge is 2.27. The molecule has 7 nitrogen and oxygen atoms in total. The lowest BCUT2D eigenvalue weighted by molar-refractivity contribution is 0.0400. The van der Waals surface area contributed by atoms with Gasteiger partial charge in [-0.25, -0.2) is 19.2 Å². The molecule has 2 N–H and O–H groups in total. The largest absolute Gasteiger partial charge is 0.478 e. The third kappa shape index (κ3) is 3.82. The second-order valence-electron chi connectivity index (χ2n) is 12.8. The topological polar surface area (TPSA) is 118 Å². The molecule has 0 atom stereocenters. The van der Waals surface area contributed by atoms with Gasteiger partial charge in [0.2, 0.25) is 0 Å². The fraction of sp³-hybridized carbons (Fsp3) is 0. The Hall–Kier alpha value is -7.12. The summed E-state index contributed by atoms with van der Waals surface area (Å²) in [5.41, 5.74) is -0.391. The molecule has 0 spiro atoms. The summed E-state index contributed by atoms with van der Waals surface area (Å²) in [6.07, 6.45) is 0. The molecule has 0 unspecified atom stereocenters. The van der Waals surface area contributed by atoms with Gasteiger partial charge in [-0.2, -0.15) is 0 Å². The second kappa shape index (κ2) is 10.2. The molecule has 0 heterocycles. The van der Waals surface area contributed by atoms with Crippen molar-refractivity contribution in [2.45, 2.75) is 0 Å². The normalized spacial score (nSPS) is 12.0. The summed E-state index contributed by atoms with van der Waals surface area (Å²) in [6, 6.07) is 36.6. The number of rotatable bonds is 4. The smallest absolute Gasteiger partial charge is 0.346 e. The van der Waals surface area contributed by atoms with Gasteiger partial charge in [-0.15, -0.1) is 0 Å². The molecule has 240 valence electrons. The highest BCUT2D eigenvalue weighted by atomic mass is 16.6. The van der Waals surface area contributed by atoms with E-state index in [0.29, 0.717) is 10.8 Å². The first kappa shape index (κ1) is 28.9. The molecule has 0 bridgehead atoms. The van der Waals surface area contributed by atoms with E-state index < -0.39 is 23.9 Å². The Morgan fingerprint density at radius 1 is 0.333 bits per heavy atom. The van der Waals surface area contributed by atoms with Gasteiger partial charge in [0.25, 0.3) is 0 Å². The molecule has 7 heteroatoms. The van der Waals surface area contributed by atoms with Gasteiger partial charge in [-0.3, -0.25) is 0 Å². The second-order valence-corrected chi connectivity index (χ2v) is 12.8. The van der Waals surface area contributed by atoms with Crippen molar-refractivity contribution in [3.63, 3.8) is 0 Å². The molecule has 0 fully saturated rings. The standard InChI is InChI=1S/C44H22O7/c45-41(46)31-17-13-27-23-9-1-5-21-7-3-11-25(35(21)23)29-15-19-33(39(31)37(27)29)43(49)51-44(50)34-20-16-30-26-12-4-8-22-6-2-10-24(36(22)26)28-14-18-32(42(47)48)40(34)38(28)30/h1-20H,(H,45,46)(H,47,48). The predicted molar refractivity (Wildman–Crippen MR) is 199 cm³/mol. The van der Waals surface area contributed by atoms with Crippen LogP contribution in [0.25, 0.3) is 86.2 Å². The van der Waals surface area contributed by atoms with Gasteiger partial charge < -0.3 is 14.9 Å². The van der Waals surface area contributed by atoms with E-state index in [0.717, 1.165) is 64.6 Å². The molecule has 0 aliphatic carbocycles. The van der Waals surface area contributed by atoms with Crippen LogP contribution in [-0.4, -0.2) is 34.1 Å². The zero-order valence-corrected chi connectivity index (χ0v) is 26.5. The van der Waals surface area contributed by atoms with Crippen molar-refractivity contribution in [1.82, 2.24) is 0 Å². The van der Waals surface area contributed by atoms with Crippen molar-refractivity contribution in [2.75, 3.05) is 0 Å². The van der Waals surface area contributed by atoms with Crippen LogP contribution in [-0.2, 0) is 4.74 Å². The molecule has 10 rings (SSSR count). The van der Waals surface area contributed by atoms with Gasteiger partial charge in [0.05, 0.1) is 22.3 Å². The molecule has 10 aromatic rings. The van der Waals surface area contributed by atoms with Crippen molar-refractivity contribution in [3.8, 4) is 0 Å². The summed E-state index contributed by atoms with van der Waals surface area (Å²) in [4.78, 5) is 53.4. The predicted octanol–water partition coefficient (Wildman–Crippen LogP) is 10.2. The van der Waals surface area contributed by atoms with Gasteiger partial charge in [-0.05, 0) is 99.7 Å². The van der Waals surface area contributed by atoms with Crippen LogP contribution in [0.5, 0.6) is 0 Å². The zero-order chi connectivity index (χ0) is 34.7. The molecule has 0 aromatic heterocycles. The maximum absolute atomic E-state index is 14.1. The Kier molecular flexibility index (Phi) is 5.77. The number of hydrogen-bond donors (Lipinski definition) is 2. The summed E-state index contributed by atoms with van der Waals surface area (Å²) in [5, 5.41) is 32.9. The summed E-state index contributed by atoms with van der Waals surface area (Å²) in [6.45, 7) is 0. The van der Waals surface area contributed by atoms with Crippen molar-refractivity contribution in [3.05, 3.63) is 144 Å². The number of benzene rings is 10. The molecule has 0 saturated carbocycles. The van der Waals surface area contributed by atoms with Crippen LogP contribution in [0, 0.1) is 0 Å². The van der Waals surface area contributed by atoms with Crippen LogP contribution in [0.3, 0.4) is 0 Å². The highest BCUT2D eigenvalue weighted by Crippen LogP contribution is 2.44. The van der Waals surface area contributed by atoms with Gasteiger partial charge in [0, 0.05) is 10.8 Å². The fourth-order valence-corrected chi connectivity index (χ4v) is 8.36. The van der Waals surface area contributed by atoms with E-state index >= 15 is 0 Å². The molecule has 0 amide bonds. The van der Waals surface area contributed by atoms with E-state index in [9.17, 15) is 29.4 Å². The number of hydrogen-bond acceptors (Lipinski definition) is 5. The lowest BCUT2D eigenvalue weighted by atomic mass is 9.86. The van der Waals surface area contributed by atoms with E-state index in [2.05, 4.69) is 0 Å². The molecule has 51 heavy (non-hydrogen) atoms. The summed E-state index contributed by atoms with van der Waals surface area (Å²) >= 11 is 0. The summed E-state index contributed by atoms with van der Waals surface area (Å²) in [7, 11) is 0. The SMILES string of the molecule is O=C(O)c1ccc2c3cccc4cccc(c5ccc(C(=O)OC(=O)c6ccc7c8cccc9cccc(c%10ccc(C(=O)O)c6c%107)c98)c1c25)c43. The first-order valence-electron chi connectivity index (χ1n) is 16.3. The van der Waals surface area contributed by atoms with E-state index in [1.54, 1.807) is 24.3 Å². The molecule has 10 aromatic carbocycles. The molecule has 0 aliphatic heterocycles. The van der Waals surface area contributed by atoms with Crippen molar-refractivity contribution < 1.29 is 34.1 Å². The number of ether oxygens (including phenoxy) is 1. The van der Waals surface area contributed by atoms with Gasteiger partial charge in [0.1, 0.15) is 0 Å². The average Bonchev–Trinajstić information content (AvgIpc) is 3.14. The van der Waals surface area contributed by atoms with E-state index in [1.807, 2.05) is 72.8 Å². The number of carbonyl (C=O) groups excluding carboxylic acids is 2. The number of carboxylic acid groups (broad SMARTS) is 2. The molecule has 0 aliphatic rings. The van der Waals surface area contributed by atoms with E-state index in [4.69, 9.17) is 4.74 Å². The Morgan fingerprint density at radius 2 is 0.627 bits per heavy atom. The van der Waals surface area contributed by atoms with E-state index in [-0.39, 0.29) is 33.0 Å². The van der Waals surface area contributed by atoms with Gasteiger partial charge >= 0.3 is 23.9 Å². The van der Waals surface area contributed by atoms with Gasteiger partial charge in [-0.1, -0.05) is 97.1 Å². The Labute approximate surface area is 287 Å². The minimum Gasteiger partial charge on any atom is -0.478 e. The third-order valence-corrected chi connectivity index (χ3v) is 10.4. The maximum atomic E-state index is 14.1. The maximum Gasteiger partial charge on any atom is 0.346 e. The third-order valence-electron chi connectivity index (χ3n) is 10.4. The minimum absolute atomic E-state index is 0.0882. The van der Waals surface area contributed by atoms with E-state index in [1.165, 1.54) is 24.3 Å². The molecular weight excluding hydrogens is 640 g/mol. The molecular formula is C44H22O7. The van der Waals surface area contributed by atoms with Crippen LogP contribution in [0.15, 0.2) is 121 Å². The lowest BCUT2D eigenvalue weighted by Gasteiger charge is -2.18. The van der Waals surface area contributed by atoms with Crippen LogP contribution in [0.2, 0.25) is 0 Å². The van der Waals surface area contributed by atoms with Crippen molar-refractivity contribution in [2.24, 2.45) is 0 Å². The number of esters is 2. The lowest BCUT2D eigenvalue weighted by Crippen LogP contribution is -2.15. The van der Waals surface area contributed by atoms with Crippen molar-refractivity contribution >= 4 is 110 Å². The monoisotopic (exact) mass is 662 g/mol. The highest BCUT2D eigenvalue weighted by molar-refractivity contribution is 6.38. The zero-order valence-electron chi connectivity index (χ0n) is 26.5.